The molecular weight excluding hydrogens is 275 g/mol. The average Bonchev–Trinajstić information content (AvgIpc) is 2.84. The van der Waals surface area contributed by atoms with Crippen LogP contribution in [0.1, 0.15) is 19.8 Å². The van der Waals surface area contributed by atoms with Crippen LogP contribution in [0.3, 0.4) is 0 Å². The molecule has 2 N–H and O–H groups in total. The third-order valence-electron chi connectivity index (χ3n) is 3.97. The molecule has 3 unspecified atom stereocenters. The summed E-state index contributed by atoms with van der Waals surface area (Å²) in [6.45, 7) is 1.27. The summed E-state index contributed by atoms with van der Waals surface area (Å²) in [5.41, 5.74) is 0. The molecule has 0 saturated heterocycles. The summed E-state index contributed by atoms with van der Waals surface area (Å²) in [6.07, 6.45) is -1.31. The van der Waals surface area contributed by atoms with E-state index in [1.165, 1.54) is 6.92 Å². The van der Waals surface area contributed by atoms with E-state index in [1.54, 1.807) is 12.2 Å². The highest BCUT2D eigenvalue weighted by atomic mass is 19.4. The van der Waals surface area contributed by atoms with E-state index < -0.39 is 42.4 Å². The Morgan fingerprint density at radius 3 is 2.35 bits per heavy atom. The largest absolute Gasteiger partial charge is 0.481 e. The van der Waals surface area contributed by atoms with E-state index in [9.17, 15) is 27.9 Å². The maximum Gasteiger partial charge on any atom is 0.391 e. The molecule has 4 nitrogen and oxygen atoms in total. The van der Waals surface area contributed by atoms with Crippen molar-refractivity contribution in [1.82, 2.24) is 5.32 Å². The Labute approximate surface area is 114 Å². The number of halogens is 3. The minimum absolute atomic E-state index is 0.181. The number of carboxylic acids is 1. The van der Waals surface area contributed by atoms with Gasteiger partial charge in [0.25, 0.3) is 0 Å². The van der Waals surface area contributed by atoms with E-state index in [1.807, 2.05) is 0 Å². The average molecular weight is 291 g/mol. The van der Waals surface area contributed by atoms with E-state index in [4.69, 9.17) is 0 Å². The molecule has 1 fully saturated rings. The van der Waals surface area contributed by atoms with Crippen LogP contribution in [0.2, 0.25) is 0 Å². The molecule has 0 aromatic carbocycles. The lowest BCUT2D eigenvalue weighted by Gasteiger charge is -2.26. The molecule has 112 valence electrons. The lowest BCUT2D eigenvalue weighted by molar-refractivity contribution is -0.150. The summed E-state index contributed by atoms with van der Waals surface area (Å²) in [6, 6.07) is -1.06. The van der Waals surface area contributed by atoms with E-state index in [0.717, 1.165) is 0 Å². The van der Waals surface area contributed by atoms with Crippen molar-refractivity contribution in [2.45, 2.75) is 32.0 Å². The molecule has 0 spiro atoms. The third-order valence-corrected chi connectivity index (χ3v) is 3.97. The second-order valence-electron chi connectivity index (χ2n) is 5.57. The normalized spacial score (nSPS) is 33.2. The summed E-state index contributed by atoms with van der Waals surface area (Å²) < 4.78 is 36.7. The Balaban J connectivity index is 2.02. The Hall–Kier alpha value is -1.53. The number of fused-ring (bicyclic) bond motifs is 2. The molecule has 1 amide bonds. The highest BCUT2D eigenvalue weighted by molar-refractivity contribution is 5.87. The van der Waals surface area contributed by atoms with Gasteiger partial charge in [-0.25, -0.2) is 0 Å². The van der Waals surface area contributed by atoms with Crippen molar-refractivity contribution in [3.8, 4) is 0 Å². The number of rotatable bonds is 4. The summed E-state index contributed by atoms with van der Waals surface area (Å²) in [7, 11) is 0. The maximum absolute atomic E-state index is 12.2. The number of hydrogen-bond donors (Lipinski definition) is 2. The zero-order valence-electron chi connectivity index (χ0n) is 10.9. The maximum atomic E-state index is 12.2. The van der Waals surface area contributed by atoms with Gasteiger partial charge in [-0.15, -0.1) is 0 Å². The van der Waals surface area contributed by atoms with E-state index in [-0.39, 0.29) is 11.8 Å². The van der Waals surface area contributed by atoms with E-state index in [2.05, 4.69) is 5.32 Å². The summed E-state index contributed by atoms with van der Waals surface area (Å²) in [5.74, 6) is -3.62. The Morgan fingerprint density at radius 1 is 1.30 bits per heavy atom. The molecule has 2 aliphatic carbocycles. The molecule has 1 saturated carbocycles. The van der Waals surface area contributed by atoms with Crippen LogP contribution >= 0.6 is 0 Å². The summed E-state index contributed by atoms with van der Waals surface area (Å²) in [5, 5.41) is 11.5. The minimum Gasteiger partial charge on any atom is -0.481 e. The van der Waals surface area contributed by atoms with Crippen molar-refractivity contribution >= 4 is 11.9 Å². The highest BCUT2D eigenvalue weighted by Gasteiger charge is 2.51. The predicted octanol–water partition coefficient (Wildman–Crippen LogP) is 1.97. The number of carboxylic acid groups (broad SMARTS) is 1. The summed E-state index contributed by atoms with van der Waals surface area (Å²) >= 11 is 0. The number of hydrogen-bond acceptors (Lipinski definition) is 2. The molecule has 0 aliphatic heterocycles. The van der Waals surface area contributed by atoms with Crippen LogP contribution < -0.4 is 5.32 Å². The van der Waals surface area contributed by atoms with Gasteiger partial charge in [-0.05, 0) is 25.2 Å². The second-order valence-corrected chi connectivity index (χ2v) is 5.57. The van der Waals surface area contributed by atoms with Crippen molar-refractivity contribution in [2.24, 2.45) is 23.7 Å². The molecule has 2 rings (SSSR count). The van der Waals surface area contributed by atoms with Crippen molar-refractivity contribution in [1.29, 1.82) is 0 Å². The molecule has 0 heterocycles. The van der Waals surface area contributed by atoms with Crippen molar-refractivity contribution in [3.05, 3.63) is 12.2 Å². The topological polar surface area (TPSA) is 66.4 Å². The molecule has 0 aromatic rings. The molecular formula is C13H16F3NO3. The van der Waals surface area contributed by atoms with Crippen LogP contribution in [0.25, 0.3) is 0 Å². The Morgan fingerprint density at radius 2 is 1.85 bits per heavy atom. The first-order valence-electron chi connectivity index (χ1n) is 6.47. The van der Waals surface area contributed by atoms with Gasteiger partial charge in [0, 0.05) is 6.04 Å². The first-order chi connectivity index (χ1) is 9.19. The highest BCUT2D eigenvalue weighted by Crippen LogP contribution is 2.48. The van der Waals surface area contributed by atoms with Crippen molar-refractivity contribution < 1.29 is 27.9 Å². The fraction of sp³-hybridized carbons (Fsp3) is 0.692. The predicted molar refractivity (Wildman–Crippen MR) is 63.6 cm³/mol. The lowest BCUT2D eigenvalue weighted by Crippen LogP contribution is -2.44. The van der Waals surface area contributed by atoms with Gasteiger partial charge in [-0.2, -0.15) is 13.2 Å². The Kier molecular flexibility index (Phi) is 3.80. The smallest absolute Gasteiger partial charge is 0.391 e. The first kappa shape index (κ1) is 14.9. The fourth-order valence-electron chi connectivity index (χ4n) is 3.25. The molecule has 5 atom stereocenters. The number of amides is 1. The molecule has 2 aliphatic rings. The summed E-state index contributed by atoms with van der Waals surface area (Å²) in [4.78, 5) is 23.3. The van der Waals surface area contributed by atoms with E-state index in [0.29, 0.717) is 6.42 Å². The van der Waals surface area contributed by atoms with Gasteiger partial charge < -0.3 is 10.4 Å². The van der Waals surface area contributed by atoms with Crippen LogP contribution in [0, 0.1) is 23.7 Å². The van der Waals surface area contributed by atoms with Crippen molar-refractivity contribution in [3.63, 3.8) is 0 Å². The van der Waals surface area contributed by atoms with E-state index >= 15 is 0 Å². The fourth-order valence-corrected chi connectivity index (χ4v) is 3.25. The van der Waals surface area contributed by atoms with Gasteiger partial charge in [-0.3, -0.25) is 9.59 Å². The number of nitrogens with one attached hydrogen (secondary N) is 1. The number of alkyl halides is 3. The first-order valence-corrected chi connectivity index (χ1v) is 6.47. The standard InChI is InChI=1S/C13H16F3NO3/c1-6(5-13(14,15)16)17-11(18)9-7-2-3-8(4-7)10(9)12(19)20/h2-3,6-10H,4-5H2,1H3,(H,17,18)(H,19,20)/t6?,7?,8?,9-,10+/m0/s1. The zero-order chi connectivity index (χ0) is 15.1. The molecule has 0 radical (unpaired) electrons. The third kappa shape index (κ3) is 2.96. The SMILES string of the molecule is CC(CC(F)(F)F)NC(=O)[C@H]1C2C=CC(C2)[C@H]1C(=O)O. The van der Waals surface area contributed by atoms with Crippen molar-refractivity contribution in [2.75, 3.05) is 0 Å². The number of aliphatic carboxylic acids is 1. The van der Waals surface area contributed by atoms with Crippen LogP contribution in [0.4, 0.5) is 13.2 Å². The molecule has 0 aromatic heterocycles. The molecule has 20 heavy (non-hydrogen) atoms. The van der Waals surface area contributed by atoms with Gasteiger partial charge in [0.05, 0.1) is 18.3 Å². The number of carbonyl (C=O) groups excluding carboxylic acids is 1. The Bertz CT molecular complexity index is 447. The number of carbonyl (C=O) groups is 2. The van der Waals surface area contributed by atoms with Gasteiger partial charge >= 0.3 is 12.1 Å². The van der Waals surface area contributed by atoms with Gasteiger partial charge in [-0.1, -0.05) is 12.2 Å². The van der Waals surface area contributed by atoms with Crippen LogP contribution in [-0.4, -0.2) is 29.2 Å². The lowest BCUT2D eigenvalue weighted by atomic mass is 9.82. The van der Waals surface area contributed by atoms with Crippen LogP contribution in [0.15, 0.2) is 12.2 Å². The van der Waals surface area contributed by atoms with Gasteiger partial charge in [0.1, 0.15) is 0 Å². The second kappa shape index (κ2) is 5.10. The van der Waals surface area contributed by atoms with Crippen LogP contribution in [-0.2, 0) is 9.59 Å². The van der Waals surface area contributed by atoms with Crippen LogP contribution in [0.5, 0.6) is 0 Å². The zero-order valence-corrected chi connectivity index (χ0v) is 10.9. The van der Waals surface area contributed by atoms with Gasteiger partial charge in [0.2, 0.25) is 5.91 Å². The quantitative estimate of drug-likeness (QED) is 0.778. The molecule has 7 heteroatoms. The number of allylic oxidation sites excluding steroid dienone is 2. The minimum atomic E-state index is -4.35. The monoisotopic (exact) mass is 291 g/mol. The molecule has 2 bridgehead atoms. The van der Waals surface area contributed by atoms with Gasteiger partial charge in [0.15, 0.2) is 0 Å².